The number of nitrogens with zero attached hydrogens (tertiary/aromatic N) is 2. The molecule has 5 nitrogen and oxygen atoms in total. The number of phenols is 1. The van der Waals surface area contributed by atoms with Gasteiger partial charge >= 0.3 is 0 Å². The summed E-state index contributed by atoms with van der Waals surface area (Å²) in [6.07, 6.45) is 1.52. The summed E-state index contributed by atoms with van der Waals surface area (Å²) in [5, 5.41) is 10.1. The summed E-state index contributed by atoms with van der Waals surface area (Å²) in [5.41, 5.74) is 3.09. The Bertz CT molecular complexity index is 847. The lowest BCUT2D eigenvalue weighted by Gasteiger charge is -2.23. The number of hydrogen-bond acceptors (Lipinski definition) is 3. The van der Waals surface area contributed by atoms with Crippen LogP contribution >= 0.6 is 0 Å². The van der Waals surface area contributed by atoms with Gasteiger partial charge in [0.2, 0.25) is 0 Å². The molecule has 0 unspecified atom stereocenters. The predicted octanol–water partition coefficient (Wildman–Crippen LogP) is 3.25. The van der Waals surface area contributed by atoms with Crippen molar-refractivity contribution in [2.24, 2.45) is 0 Å². The second-order valence-corrected chi connectivity index (χ2v) is 7.01. The van der Waals surface area contributed by atoms with Gasteiger partial charge in [0.05, 0.1) is 5.56 Å². The van der Waals surface area contributed by atoms with Crippen LogP contribution in [0.5, 0.6) is 5.75 Å². The van der Waals surface area contributed by atoms with Crippen LogP contribution in [0, 0.1) is 6.92 Å². The topological polar surface area (TPSA) is 60.9 Å². The third kappa shape index (κ3) is 4.30. The summed E-state index contributed by atoms with van der Waals surface area (Å²) in [6.45, 7) is 6.14. The number of benzene rings is 2. The Kier molecular flexibility index (Phi) is 5.79. The highest BCUT2D eigenvalue weighted by atomic mass is 16.3. The van der Waals surface area contributed by atoms with E-state index in [1.165, 1.54) is 0 Å². The van der Waals surface area contributed by atoms with Gasteiger partial charge in [-0.15, -0.1) is 0 Å². The quantitative estimate of drug-likeness (QED) is 0.907. The first kappa shape index (κ1) is 19.0. The second-order valence-electron chi connectivity index (χ2n) is 7.01. The van der Waals surface area contributed by atoms with E-state index in [2.05, 4.69) is 0 Å². The number of phenolic OH excluding ortho intramolecular Hbond substituents is 1. The fourth-order valence-corrected chi connectivity index (χ4v) is 3.43. The molecule has 0 aromatic heterocycles. The number of amides is 2. The zero-order valence-electron chi connectivity index (χ0n) is 15.9. The lowest BCUT2D eigenvalue weighted by Crippen LogP contribution is -2.37. The van der Waals surface area contributed by atoms with E-state index in [9.17, 15) is 14.7 Å². The summed E-state index contributed by atoms with van der Waals surface area (Å²) in [5.74, 6) is -0.161. The lowest BCUT2D eigenvalue weighted by atomic mass is 10.1. The smallest absolute Gasteiger partial charge is 0.257 e. The normalized spacial score (nSPS) is 14.7. The molecule has 1 aliphatic heterocycles. The van der Waals surface area contributed by atoms with Crippen LogP contribution in [-0.4, -0.2) is 52.9 Å². The van der Waals surface area contributed by atoms with E-state index in [0.717, 1.165) is 24.0 Å². The molecule has 0 aliphatic carbocycles. The van der Waals surface area contributed by atoms with Crippen LogP contribution in [0.3, 0.4) is 0 Å². The Morgan fingerprint density at radius 1 is 0.963 bits per heavy atom. The predicted molar refractivity (Wildman–Crippen MR) is 105 cm³/mol. The molecule has 2 aromatic rings. The molecular weight excluding hydrogens is 340 g/mol. The van der Waals surface area contributed by atoms with Gasteiger partial charge < -0.3 is 14.9 Å². The Morgan fingerprint density at radius 2 is 1.67 bits per heavy atom. The van der Waals surface area contributed by atoms with Gasteiger partial charge in [-0.05, 0) is 49.6 Å². The fourth-order valence-electron chi connectivity index (χ4n) is 3.43. The van der Waals surface area contributed by atoms with Crippen molar-refractivity contribution in [3.63, 3.8) is 0 Å². The molecule has 1 aliphatic rings. The van der Waals surface area contributed by atoms with E-state index in [1.54, 1.807) is 17.0 Å². The summed E-state index contributed by atoms with van der Waals surface area (Å²) >= 11 is 0. The van der Waals surface area contributed by atoms with Gasteiger partial charge in [0, 0.05) is 31.7 Å². The lowest BCUT2D eigenvalue weighted by molar-refractivity contribution is 0.0717. The van der Waals surface area contributed by atoms with Gasteiger partial charge in [-0.3, -0.25) is 9.59 Å². The molecule has 1 saturated heterocycles. The zero-order valence-corrected chi connectivity index (χ0v) is 15.9. The third-order valence-electron chi connectivity index (χ3n) is 5.03. The van der Waals surface area contributed by atoms with Crippen molar-refractivity contribution in [2.75, 3.05) is 26.2 Å². The molecule has 1 heterocycles. The maximum Gasteiger partial charge on any atom is 0.257 e. The molecule has 0 atom stereocenters. The van der Waals surface area contributed by atoms with Gasteiger partial charge in [-0.2, -0.15) is 0 Å². The van der Waals surface area contributed by atoms with Crippen LogP contribution in [0.1, 0.15) is 45.2 Å². The molecule has 0 spiro atoms. The molecule has 1 N–H and O–H groups in total. The average molecular weight is 366 g/mol. The molecule has 0 saturated carbocycles. The van der Waals surface area contributed by atoms with E-state index < -0.39 is 0 Å². The number of hydrogen-bond donors (Lipinski definition) is 1. The SMILES string of the molecule is CCc1ccc(O)c(C(=O)N2CCCN(C(=O)c3cccc(C)c3)CC2)c1. The number of rotatable bonds is 3. The van der Waals surface area contributed by atoms with Gasteiger partial charge in [0.25, 0.3) is 11.8 Å². The highest BCUT2D eigenvalue weighted by Crippen LogP contribution is 2.22. The molecule has 2 amide bonds. The fraction of sp³-hybridized carbons (Fsp3) is 0.364. The molecule has 3 rings (SSSR count). The van der Waals surface area contributed by atoms with E-state index in [-0.39, 0.29) is 17.6 Å². The molecule has 27 heavy (non-hydrogen) atoms. The van der Waals surface area contributed by atoms with E-state index in [4.69, 9.17) is 0 Å². The summed E-state index contributed by atoms with van der Waals surface area (Å²) in [6, 6.07) is 12.8. The second kappa shape index (κ2) is 8.25. The van der Waals surface area contributed by atoms with Crippen molar-refractivity contribution in [1.29, 1.82) is 0 Å². The minimum absolute atomic E-state index is 0.00354. The minimum atomic E-state index is -0.173. The number of carbonyl (C=O) groups excluding carboxylic acids is 2. The maximum atomic E-state index is 12.9. The number of aryl methyl sites for hydroxylation is 2. The van der Waals surface area contributed by atoms with Crippen LogP contribution in [0.2, 0.25) is 0 Å². The monoisotopic (exact) mass is 366 g/mol. The number of carbonyl (C=O) groups is 2. The average Bonchev–Trinajstić information content (AvgIpc) is 2.93. The summed E-state index contributed by atoms with van der Waals surface area (Å²) < 4.78 is 0. The zero-order chi connectivity index (χ0) is 19.4. The molecular formula is C22H26N2O3. The molecule has 1 fully saturated rings. The minimum Gasteiger partial charge on any atom is -0.507 e. The highest BCUT2D eigenvalue weighted by Gasteiger charge is 2.25. The van der Waals surface area contributed by atoms with Gasteiger partial charge in [0.15, 0.2) is 0 Å². The highest BCUT2D eigenvalue weighted by molar-refractivity contribution is 5.97. The standard InChI is InChI=1S/C22H26N2O3/c1-3-17-8-9-20(25)19(15-17)22(27)24-11-5-10-23(12-13-24)21(26)18-7-4-6-16(2)14-18/h4,6-9,14-15,25H,3,5,10-13H2,1-2H3. The first-order valence-corrected chi connectivity index (χ1v) is 9.46. The van der Waals surface area contributed by atoms with Crippen LogP contribution in [0.4, 0.5) is 0 Å². The van der Waals surface area contributed by atoms with Crippen molar-refractivity contribution in [3.8, 4) is 5.75 Å². The van der Waals surface area contributed by atoms with Gasteiger partial charge in [0.1, 0.15) is 5.75 Å². The first-order chi connectivity index (χ1) is 13.0. The van der Waals surface area contributed by atoms with E-state index in [0.29, 0.717) is 37.3 Å². The van der Waals surface area contributed by atoms with Gasteiger partial charge in [-0.1, -0.05) is 30.7 Å². The molecule has 0 radical (unpaired) electrons. The van der Waals surface area contributed by atoms with Crippen molar-refractivity contribution in [3.05, 3.63) is 64.7 Å². The first-order valence-electron chi connectivity index (χ1n) is 9.46. The van der Waals surface area contributed by atoms with Crippen LogP contribution in [-0.2, 0) is 6.42 Å². The summed E-state index contributed by atoms with van der Waals surface area (Å²) in [7, 11) is 0. The Balaban J connectivity index is 1.71. The van der Waals surface area contributed by atoms with Gasteiger partial charge in [-0.25, -0.2) is 0 Å². The molecule has 5 heteroatoms. The third-order valence-corrected chi connectivity index (χ3v) is 5.03. The van der Waals surface area contributed by atoms with Crippen molar-refractivity contribution >= 4 is 11.8 Å². The Hall–Kier alpha value is -2.82. The summed E-state index contributed by atoms with van der Waals surface area (Å²) in [4.78, 5) is 29.2. The molecule has 0 bridgehead atoms. The van der Waals surface area contributed by atoms with E-state index in [1.807, 2.05) is 49.1 Å². The van der Waals surface area contributed by atoms with Crippen molar-refractivity contribution < 1.29 is 14.7 Å². The van der Waals surface area contributed by atoms with Crippen LogP contribution in [0.15, 0.2) is 42.5 Å². The van der Waals surface area contributed by atoms with Crippen LogP contribution < -0.4 is 0 Å². The largest absolute Gasteiger partial charge is 0.507 e. The Labute approximate surface area is 160 Å². The Morgan fingerprint density at radius 3 is 2.33 bits per heavy atom. The van der Waals surface area contributed by atoms with E-state index >= 15 is 0 Å². The molecule has 2 aromatic carbocycles. The molecule has 142 valence electrons. The number of aromatic hydroxyl groups is 1. The van der Waals surface area contributed by atoms with Crippen LogP contribution in [0.25, 0.3) is 0 Å². The van der Waals surface area contributed by atoms with Crippen molar-refractivity contribution in [2.45, 2.75) is 26.7 Å². The maximum absolute atomic E-state index is 12.9. The van der Waals surface area contributed by atoms with Crippen molar-refractivity contribution in [1.82, 2.24) is 9.80 Å².